The molecule has 1 aromatic carbocycles. The van der Waals surface area contributed by atoms with Crippen LogP contribution in [0.15, 0.2) is 24.3 Å². The van der Waals surface area contributed by atoms with E-state index in [4.69, 9.17) is 4.74 Å². The molecule has 2 bridgehead atoms. The maximum absolute atomic E-state index is 13.1. The summed E-state index contributed by atoms with van der Waals surface area (Å²) in [6.45, 7) is 9.79. The number of aromatic nitrogens is 2. The van der Waals surface area contributed by atoms with Crippen molar-refractivity contribution < 1.29 is 14.3 Å². The maximum Gasteiger partial charge on any atom is 0.410 e. The first-order chi connectivity index (χ1) is 14.1. The number of carbonyl (C=O) groups excluding carboxylic acids is 2. The lowest BCUT2D eigenvalue weighted by atomic mass is 9.97. The van der Waals surface area contributed by atoms with Crippen LogP contribution in [0, 0.1) is 0 Å². The molecule has 3 atom stereocenters. The van der Waals surface area contributed by atoms with E-state index >= 15 is 0 Å². The number of hydrogen-bond acceptors (Lipinski definition) is 4. The van der Waals surface area contributed by atoms with Gasteiger partial charge in [0.05, 0.1) is 5.52 Å². The van der Waals surface area contributed by atoms with Crippen LogP contribution in [-0.2, 0) is 4.74 Å². The van der Waals surface area contributed by atoms with E-state index in [-0.39, 0.29) is 36.2 Å². The van der Waals surface area contributed by atoms with Crippen molar-refractivity contribution in [2.45, 2.75) is 90.1 Å². The second-order valence-corrected chi connectivity index (χ2v) is 9.82. The summed E-state index contributed by atoms with van der Waals surface area (Å²) in [6.07, 6.45) is 3.19. The van der Waals surface area contributed by atoms with Gasteiger partial charge in [-0.15, -0.1) is 0 Å². The molecule has 0 saturated carbocycles. The molecule has 2 saturated heterocycles. The van der Waals surface area contributed by atoms with Crippen molar-refractivity contribution in [3.63, 3.8) is 0 Å². The highest BCUT2D eigenvalue weighted by molar-refractivity contribution is 6.05. The van der Waals surface area contributed by atoms with Gasteiger partial charge in [-0.25, -0.2) is 4.79 Å². The van der Waals surface area contributed by atoms with Crippen LogP contribution in [0.5, 0.6) is 0 Å². The van der Waals surface area contributed by atoms with E-state index in [1.807, 2.05) is 54.6 Å². The molecule has 2 amide bonds. The molecular weight excluding hydrogens is 380 g/mol. The van der Waals surface area contributed by atoms with Gasteiger partial charge in [0, 0.05) is 29.6 Å². The molecule has 30 heavy (non-hydrogen) atoms. The summed E-state index contributed by atoms with van der Waals surface area (Å²) < 4.78 is 7.51. The van der Waals surface area contributed by atoms with Crippen molar-refractivity contribution in [1.29, 1.82) is 0 Å². The van der Waals surface area contributed by atoms with Crippen molar-refractivity contribution in [1.82, 2.24) is 20.0 Å². The van der Waals surface area contributed by atoms with E-state index in [1.165, 1.54) is 0 Å². The topological polar surface area (TPSA) is 76.5 Å². The molecule has 2 aliphatic rings. The Kier molecular flexibility index (Phi) is 5.24. The summed E-state index contributed by atoms with van der Waals surface area (Å²) in [7, 11) is 0. The van der Waals surface area contributed by atoms with Gasteiger partial charge in [-0.1, -0.05) is 18.2 Å². The largest absolute Gasteiger partial charge is 0.444 e. The molecule has 1 aromatic heterocycles. The van der Waals surface area contributed by atoms with E-state index in [2.05, 4.69) is 24.3 Å². The lowest BCUT2D eigenvalue weighted by Gasteiger charge is -2.39. The van der Waals surface area contributed by atoms with Crippen molar-refractivity contribution in [3.05, 3.63) is 30.0 Å². The third-order valence-corrected chi connectivity index (χ3v) is 5.99. The maximum atomic E-state index is 13.1. The number of benzene rings is 1. The van der Waals surface area contributed by atoms with Gasteiger partial charge in [0.25, 0.3) is 5.91 Å². The van der Waals surface area contributed by atoms with Crippen LogP contribution in [0.4, 0.5) is 4.79 Å². The smallest absolute Gasteiger partial charge is 0.410 e. The molecular formula is C23H32N4O3. The summed E-state index contributed by atoms with van der Waals surface area (Å²) in [6, 6.07) is 8.30. The van der Waals surface area contributed by atoms with Crippen LogP contribution in [0.1, 0.15) is 76.8 Å². The number of nitrogens with one attached hydrogen (secondary N) is 1. The highest BCUT2D eigenvalue weighted by Crippen LogP contribution is 2.37. The molecule has 0 radical (unpaired) electrons. The van der Waals surface area contributed by atoms with Crippen LogP contribution < -0.4 is 5.32 Å². The van der Waals surface area contributed by atoms with Crippen LogP contribution in [0.25, 0.3) is 10.9 Å². The van der Waals surface area contributed by atoms with Gasteiger partial charge >= 0.3 is 6.09 Å². The second-order valence-electron chi connectivity index (χ2n) is 9.82. The Morgan fingerprint density at radius 1 is 1.13 bits per heavy atom. The monoisotopic (exact) mass is 412 g/mol. The number of nitrogens with zero attached hydrogens (tertiary/aromatic N) is 3. The summed E-state index contributed by atoms with van der Waals surface area (Å²) >= 11 is 0. The molecule has 0 spiro atoms. The van der Waals surface area contributed by atoms with Crippen molar-refractivity contribution in [2.24, 2.45) is 0 Å². The molecule has 0 aliphatic carbocycles. The summed E-state index contributed by atoms with van der Waals surface area (Å²) in [5.41, 5.74) is 0.941. The van der Waals surface area contributed by atoms with Crippen LogP contribution in [-0.4, -0.2) is 50.4 Å². The van der Waals surface area contributed by atoms with E-state index in [0.29, 0.717) is 5.69 Å². The third-order valence-electron chi connectivity index (χ3n) is 5.99. The van der Waals surface area contributed by atoms with Gasteiger partial charge in [0.15, 0.2) is 5.69 Å². The fourth-order valence-electron chi connectivity index (χ4n) is 4.81. The van der Waals surface area contributed by atoms with E-state index < -0.39 is 5.60 Å². The summed E-state index contributed by atoms with van der Waals surface area (Å²) in [5.74, 6) is -0.138. The molecule has 2 aromatic rings. The number of carbonyl (C=O) groups is 2. The first-order valence-corrected chi connectivity index (χ1v) is 10.9. The summed E-state index contributed by atoms with van der Waals surface area (Å²) in [4.78, 5) is 27.6. The molecule has 3 heterocycles. The predicted molar refractivity (Wildman–Crippen MR) is 115 cm³/mol. The molecule has 162 valence electrons. The third kappa shape index (κ3) is 3.89. The SMILES string of the molecule is CC(C)n1nc(C(=O)N[C@H]2C[C@H]3CC[C@@H](C2)N3C(=O)OC(C)(C)C)c2ccccc21. The molecule has 4 rings (SSSR count). The van der Waals surface area contributed by atoms with Gasteiger partial charge in [-0.05, 0) is 66.4 Å². The molecule has 2 fully saturated rings. The fourth-order valence-corrected chi connectivity index (χ4v) is 4.81. The Morgan fingerprint density at radius 2 is 1.77 bits per heavy atom. The lowest BCUT2D eigenvalue weighted by molar-refractivity contribution is 0.00499. The van der Waals surface area contributed by atoms with Crippen LogP contribution in [0.3, 0.4) is 0 Å². The van der Waals surface area contributed by atoms with Crippen molar-refractivity contribution in [3.8, 4) is 0 Å². The van der Waals surface area contributed by atoms with Crippen molar-refractivity contribution >= 4 is 22.9 Å². The van der Waals surface area contributed by atoms with E-state index in [1.54, 1.807) is 0 Å². The van der Waals surface area contributed by atoms with E-state index in [0.717, 1.165) is 36.6 Å². The molecule has 7 heteroatoms. The first kappa shape index (κ1) is 20.7. The minimum atomic E-state index is -0.502. The van der Waals surface area contributed by atoms with Crippen LogP contribution in [0.2, 0.25) is 0 Å². The Morgan fingerprint density at radius 3 is 2.37 bits per heavy atom. The first-order valence-electron chi connectivity index (χ1n) is 10.9. The number of rotatable bonds is 3. The molecule has 7 nitrogen and oxygen atoms in total. The average Bonchev–Trinajstić information content (AvgIpc) is 3.16. The Hall–Kier alpha value is -2.57. The predicted octanol–water partition coefficient (Wildman–Crippen LogP) is 4.28. The normalized spacial score (nSPS) is 23.8. The zero-order chi connectivity index (χ0) is 21.6. The zero-order valence-corrected chi connectivity index (χ0v) is 18.5. The van der Waals surface area contributed by atoms with Gasteiger partial charge in [0.2, 0.25) is 0 Å². The number of ether oxygens (including phenoxy) is 1. The number of para-hydroxylation sites is 1. The van der Waals surface area contributed by atoms with Gasteiger partial charge in [-0.3, -0.25) is 9.48 Å². The molecule has 1 N–H and O–H groups in total. The Bertz CT molecular complexity index is 945. The standard InChI is InChI=1S/C23H32N4O3/c1-14(2)27-19-9-7-6-8-18(19)20(25-27)21(28)24-15-12-16-10-11-17(13-15)26(16)22(29)30-23(3,4)5/h6-9,14-17H,10-13H2,1-5H3,(H,24,28)/t15-,16+,17-. The minimum Gasteiger partial charge on any atom is -0.444 e. The zero-order valence-electron chi connectivity index (χ0n) is 18.5. The fraction of sp³-hybridized carbons (Fsp3) is 0.609. The van der Waals surface area contributed by atoms with Crippen molar-refractivity contribution in [2.75, 3.05) is 0 Å². The Balaban J connectivity index is 1.48. The second kappa shape index (κ2) is 7.60. The molecule has 0 unspecified atom stereocenters. The summed E-state index contributed by atoms with van der Waals surface area (Å²) in [5, 5.41) is 8.68. The highest BCUT2D eigenvalue weighted by atomic mass is 16.6. The van der Waals surface area contributed by atoms with Gasteiger partial charge in [-0.2, -0.15) is 5.10 Å². The lowest BCUT2D eigenvalue weighted by Crippen LogP contribution is -2.53. The number of piperidine rings is 1. The number of fused-ring (bicyclic) bond motifs is 3. The Labute approximate surface area is 177 Å². The minimum absolute atomic E-state index is 0.0386. The quantitative estimate of drug-likeness (QED) is 0.816. The van der Waals surface area contributed by atoms with Gasteiger partial charge in [0.1, 0.15) is 5.60 Å². The van der Waals surface area contributed by atoms with Crippen LogP contribution >= 0.6 is 0 Å². The number of hydrogen-bond donors (Lipinski definition) is 1. The highest BCUT2D eigenvalue weighted by Gasteiger charge is 2.45. The van der Waals surface area contributed by atoms with Gasteiger partial charge < -0.3 is 15.0 Å². The average molecular weight is 413 g/mol. The molecule has 2 aliphatic heterocycles. The number of amides is 2. The van der Waals surface area contributed by atoms with E-state index in [9.17, 15) is 9.59 Å².